The lowest BCUT2D eigenvalue weighted by Gasteiger charge is -2.11. The van der Waals surface area contributed by atoms with Gasteiger partial charge in [0.1, 0.15) is 5.82 Å². The average Bonchev–Trinajstić information content (AvgIpc) is 3.26. The monoisotopic (exact) mass is 469 g/mol. The van der Waals surface area contributed by atoms with Crippen molar-refractivity contribution >= 4 is 22.9 Å². The molecule has 0 saturated carbocycles. The van der Waals surface area contributed by atoms with Crippen molar-refractivity contribution in [1.29, 1.82) is 0 Å². The maximum atomic E-state index is 13.1. The summed E-state index contributed by atoms with van der Waals surface area (Å²) in [5, 5.41) is 5.94. The normalized spacial score (nSPS) is 10.9. The number of carbonyl (C=O) groups is 1. The number of fused-ring (bicyclic) bond motifs is 1. The lowest BCUT2D eigenvalue weighted by atomic mass is 10.1. The molecule has 0 fully saturated rings. The molecule has 0 aliphatic heterocycles. The Morgan fingerprint density at radius 3 is 2.37 bits per heavy atom. The van der Waals surface area contributed by atoms with Crippen LogP contribution in [0.25, 0.3) is 22.3 Å². The average molecular weight is 469 g/mol. The summed E-state index contributed by atoms with van der Waals surface area (Å²) in [6, 6.07) is 15.6. The molecule has 0 bridgehead atoms. The number of nitrogens with zero attached hydrogens (tertiary/aromatic N) is 3. The molecule has 5 aromatic rings. The molecule has 0 atom stereocenters. The fraction of sp³-hybridized carbons (Fsp3) is 0.0800. The first-order chi connectivity index (χ1) is 17.0. The van der Waals surface area contributed by atoms with Gasteiger partial charge in [-0.05, 0) is 34.9 Å². The summed E-state index contributed by atoms with van der Waals surface area (Å²) in [6.07, 6.45) is 4.67. The van der Waals surface area contributed by atoms with Gasteiger partial charge < -0.3 is 15.6 Å². The van der Waals surface area contributed by atoms with Crippen molar-refractivity contribution in [3.63, 3.8) is 0 Å². The Kier molecular flexibility index (Phi) is 6.00. The van der Waals surface area contributed by atoms with Crippen LogP contribution >= 0.6 is 0 Å². The predicted octanol–water partition coefficient (Wildman–Crippen LogP) is 3.39. The van der Waals surface area contributed by atoms with E-state index in [1.807, 2.05) is 30.3 Å². The topological polar surface area (TPSA) is 128 Å². The minimum atomic E-state index is -0.383. The van der Waals surface area contributed by atoms with Crippen molar-refractivity contribution in [3.05, 3.63) is 106 Å². The summed E-state index contributed by atoms with van der Waals surface area (Å²) in [4.78, 5) is 42.1. The van der Waals surface area contributed by atoms with Gasteiger partial charge in [-0.15, -0.1) is 0 Å². The van der Waals surface area contributed by atoms with E-state index in [2.05, 4.69) is 35.6 Å². The third kappa shape index (κ3) is 5.06. The number of hydrogen-bond donors (Lipinski definition) is 4. The van der Waals surface area contributed by atoms with Gasteiger partial charge in [0.25, 0.3) is 5.91 Å². The number of pyridine rings is 1. The number of benzene rings is 2. The zero-order valence-electron chi connectivity index (χ0n) is 18.4. The molecule has 3 heterocycles. The van der Waals surface area contributed by atoms with Crippen LogP contribution in [0.4, 0.5) is 10.2 Å². The summed E-state index contributed by atoms with van der Waals surface area (Å²) >= 11 is 0. The molecular formula is C25H20FN7O2. The van der Waals surface area contributed by atoms with Gasteiger partial charge in [-0.2, -0.15) is 0 Å². The molecule has 0 spiro atoms. The number of nitrogens with one attached hydrogen (secondary N) is 4. The number of imidazole rings is 1. The standard InChI is InChI=1S/C25H20FN7O2/c26-19-7-3-16(4-8-19)13-31-24(34)21-23(28-10-9-27-21)29-12-15-1-5-17(6-2-15)18-11-20-22(30-14-18)33-25(35)32-20/h1-11,14H,12-13H2,(H,28,29)(H,31,34)(H2,30,32,33,35). The van der Waals surface area contributed by atoms with Gasteiger partial charge in [-0.1, -0.05) is 36.4 Å². The molecule has 3 aromatic heterocycles. The Bertz CT molecular complexity index is 1540. The van der Waals surface area contributed by atoms with Crippen LogP contribution in [0.15, 0.2) is 78.0 Å². The summed E-state index contributed by atoms with van der Waals surface area (Å²) in [5.41, 5.74) is 4.61. The fourth-order valence-electron chi connectivity index (χ4n) is 3.58. The zero-order chi connectivity index (χ0) is 24.2. The van der Waals surface area contributed by atoms with E-state index in [4.69, 9.17) is 0 Å². The third-order valence-corrected chi connectivity index (χ3v) is 5.39. The van der Waals surface area contributed by atoms with Crippen LogP contribution in [0.1, 0.15) is 21.6 Å². The van der Waals surface area contributed by atoms with Crippen molar-refractivity contribution in [2.75, 3.05) is 5.32 Å². The number of amides is 1. The molecule has 4 N–H and O–H groups in total. The Morgan fingerprint density at radius 1 is 0.857 bits per heavy atom. The number of anilines is 1. The lowest BCUT2D eigenvalue weighted by molar-refractivity contribution is 0.0946. The fourth-order valence-corrected chi connectivity index (χ4v) is 3.58. The first kappa shape index (κ1) is 22.0. The molecular weight excluding hydrogens is 449 g/mol. The highest BCUT2D eigenvalue weighted by atomic mass is 19.1. The molecule has 0 saturated heterocycles. The summed E-state index contributed by atoms with van der Waals surface area (Å²) < 4.78 is 13.1. The van der Waals surface area contributed by atoms with E-state index in [1.54, 1.807) is 18.3 Å². The van der Waals surface area contributed by atoms with Gasteiger partial charge >= 0.3 is 5.69 Å². The maximum absolute atomic E-state index is 13.1. The van der Waals surface area contributed by atoms with Crippen LogP contribution in [0.5, 0.6) is 0 Å². The van der Waals surface area contributed by atoms with E-state index in [9.17, 15) is 14.0 Å². The predicted molar refractivity (Wildman–Crippen MR) is 129 cm³/mol. The molecule has 35 heavy (non-hydrogen) atoms. The number of H-pyrrole nitrogens is 2. The molecule has 10 heteroatoms. The smallest absolute Gasteiger partial charge is 0.325 e. The summed E-state index contributed by atoms with van der Waals surface area (Å²) in [7, 11) is 0. The van der Waals surface area contributed by atoms with Crippen LogP contribution < -0.4 is 16.3 Å². The van der Waals surface area contributed by atoms with Crippen molar-refractivity contribution < 1.29 is 9.18 Å². The van der Waals surface area contributed by atoms with Gasteiger partial charge in [0, 0.05) is 37.2 Å². The molecule has 0 radical (unpaired) electrons. The highest BCUT2D eigenvalue weighted by Gasteiger charge is 2.14. The first-order valence-electron chi connectivity index (χ1n) is 10.8. The van der Waals surface area contributed by atoms with Gasteiger partial charge in [0.05, 0.1) is 5.52 Å². The largest absolute Gasteiger partial charge is 0.364 e. The minimum Gasteiger partial charge on any atom is -0.364 e. The minimum absolute atomic E-state index is 0.172. The van der Waals surface area contributed by atoms with E-state index < -0.39 is 0 Å². The Balaban J connectivity index is 1.24. The number of aromatic nitrogens is 5. The molecule has 1 amide bonds. The van der Waals surface area contributed by atoms with Crippen molar-refractivity contribution in [2.45, 2.75) is 13.1 Å². The van der Waals surface area contributed by atoms with Crippen LogP contribution in [0.3, 0.4) is 0 Å². The number of rotatable bonds is 7. The van der Waals surface area contributed by atoms with Crippen molar-refractivity contribution in [2.24, 2.45) is 0 Å². The number of hydrogen-bond acceptors (Lipinski definition) is 6. The third-order valence-electron chi connectivity index (χ3n) is 5.39. The van der Waals surface area contributed by atoms with Crippen LogP contribution in [-0.2, 0) is 13.1 Å². The molecule has 0 aliphatic carbocycles. The number of halogens is 1. The Labute approximate surface area is 198 Å². The molecule has 2 aromatic carbocycles. The quantitative estimate of drug-likeness (QED) is 0.289. The SMILES string of the molecule is O=C(NCc1ccc(F)cc1)c1nccnc1NCc1ccc(-c2cnc3[nH]c(=O)[nH]c3c2)cc1. The highest BCUT2D eigenvalue weighted by Crippen LogP contribution is 2.22. The van der Waals surface area contributed by atoms with Crippen LogP contribution in [0.2, 0.25) is 0 Å². The van der Waals surface area contributed by atoms with E-state index in [0.29, 0.717) is 23.5 Å². The van der Waals surface area contributed by atoms with Crippen LogP contribution in [0, 0.1) is 5.82 Å². The van der Waals surface area contributed by atoms with Gasteiger partial charge in [0.15, 0.2) is 17.2 Å². The van der Waals surface area contributed by atoms with E-state index in [-0.39, 0.29) is 29.7 Å². The molecule has 174 valence electrons. The lowest BCUT2D eigenvalue weighted by Crippen LogP contribution is -2.25. The molecule has 9 nitrogen and oxygen atoms in total. The first-order valence-corrected chi connectivity index (χ1v) is 10.8. The zero-order valence-corrected chi connectivity index (χ0v) is 18.4. The number of aromatic amines is 2. The van der Waals surface area contributed by atoms with E-state index in [0.717, 1.165) is 22.3 Å². The Hall–Kier alpha value is -4.86. The second kappa shape index (κ2) is 9.56. The second-order valence-corrected chi connectivity index (χ2v) is 7.81. The summed E-state index contributed by atoms with van der Waals surface area (Å²) in [6.45, 7) is 0.674. The molecule has 0 unspecified atom stereocenters. The highest BCUT2D eigenvalue weighted by molar-refractivity contribution is 5.96. The van der Waals surface area contributed by atoms with Gasteiger partial charge in [0.2, 0.25) is 0 Å². The Morgan fingerprint density at radius 2 is 1.57 bits per heavy atom. The molecule has 0 aliphatic rings. The second-order valence-electron chi connectivity index (χ2n) is 7.81. The van der Waals surface area contributed by atoms with Gasteiger partial charge in [-0.25, -0.2) is 24.1 Å². The van der Waals surface area contributed by atoms with Crippen molar-refractivity contribution in [1.82, 2.24) is 30.2 Å². The van der Waals surface area contributed by atoms with E-state index >= 15 is 0 Å². The van der Waals surface area contributed by atoms with Crippen LogP contribution in [-0.4, -0.2) is 30.8 Å². The van der Waals surface area contributed by atoms with Gasteiger partial charge in [-0.3, -0.25) is 9.78 Å². The molecule has 5 rings (SSSR count). The van der Waals surface area contributed by atoms with E-state index in [1.165, 1.54) is 24.5 Å². The van der Waals surface area contributed by atoms with Crippen molar-refractivity contribution in [3.8, 4) is 11.1 Å². The number of carbonyl (C=O) groups excluding carboxylic acids is 1. The summed E-state index contributed by atoms with van der Waals surface area (Å²) in [5.74, 6) is -0.353. The maximum Gasteiger partial charge on any atom is 0.325 e.